The maximum Gasteiger partial charge on any atom is 0.240 e. The van der Waals surface area contributed by atoms with Crippen molar-refractivity contribution in [2.75, 3.05) is 6.54 Å². The number of benzene rings is 1. The molecule has 0 bridgehead atoms. The Labute approximate surface area is 91.6 Å². The van der Waals surface area contributed by atoms with Gasteiger partial charge in [-0.25, -0.2) is 13.1 Å². The molecule has 3 nitrogen and oxygen atoms in total. The largest absolute Gasteiger partial charge is 0.240 e. The highest BCUT2D eigenvalue weighted by molar-refractivity contribution is 7.89. The van der Waals surface area contributed by atoms with Crippen LogP contribution in [-0.4, -0.2) is 15.0 Å². The van der Waals surface area contributed by atoms with Crippen LogP contribution in [0.4, 0.5) is 0 Å². The summed E-state index contributed by atoms with van der Waals surface area (Å²) >= 11 is 0. The molecule has 0 heterocycles. The van der Waals surface area contributed by atoms with Gasteiger partial charge >= 0.3 is 0 Å². The minimum absolute atomic E-state index is 0.337. The van der Waals surface area contributed by atoms with E-state index in [0.29, 0.717) is 11.4 Å². The van der Waals surface area contributed by atoms with E-state index in [1.54, 1.807) is 19.1 Å². The topological polar surface area (TPSA) is 46.2 Å². The van der Waals surface area contributed by atoms with Crippen LogP contribution in [0.15, 0.2) is 29.2 Å². The summed E-state index contributed by atoms with van der Waals surface area (Å²) in [4.78, 5) is 0.337. The van der Waals surface area contributed by atoms with Crippen LogP contribution in [0.2, 0.25) is 0 Å². The number of hydrogen-bond donors (Lipinski definition) is 1. The van der Waals surface area contributed by atoms with Crippen LogP contribution >= 0.6 is 0 Å². The van der Waals surface area contributed by atoms with Crippen LogP contribution in [-0.2, 0) is 16.4 Å². The molecule has 0 atom stereocenters. The monoisotopic (exact) mass is 227 g/mol. The van der Waals surface area contributed by atoms with Crippen molar-refractivity contribution in [3.05, 3.63) is 29.8 Å². The van der Waals surface area contributed by atoms with Gasteiger partial charge in [0.15, 0.2) is 0 Å². The van der Waals surface area contributed by atoms with Crippen molar-refractivity contribution in [1.29, 1.82) is 0 Å². The number of nitrogens with one attached hydrogen (secondary N) is 1. The van der Waals surface area contributed by atoms with E-state index < -0.39 is 10.0 Å². The SMILES string of the molecule is CCCc1ccc(S(=O)(=O)NCC)cc1. The number of rotatable bonds is 5. The second-order valence-electron chi connectivity index (χ2n) is 3.40. The summed E-state index contributed by atoms with van der Waals surface area (Å²) in [5.74, 6) is 0. The zero-order valence-corrected chi connectivity index (χ0v) is 9.97. The smallest absolute Gasteiger partial charge is 0.211 e. The molecule has 0 radical (unpaired) electrons. The normalized spacial score (nSPS) is 11.6. The van der Waals surface area contributed by atoms with E-state index in [0.717, 1.165) is 12.8 Å². The van der Waals surface area contributed by atoms with Gasteiger partial charge in [-0.15, -0.1) is 0 Å². The average molecular weight is 227 g/mol. The van der Waals surface area contributed by atoms with E-state index in [-0.39, 0.29) is 0 Å². The van der Waals surface area contributed by atoms with E-state index in [1.165, 1.54) is 5.56 Å². The van der Waals surface area contributed by atoms with Gasteiger partial charge in [0.25, 0.3) is 0 Å². The lowest BCUT2D eigenvalue weighted by Gasteiger charge is -2.05. The van der Waals surface area contributed by atoms with Crippen LogP contribution in [0.25, 0.3) is 0 Å². The van der Waals surface area contributed by atoms with Gasteiger partial charge < -0.3 is 0 Å². The van der Waals surface area contributed by atoms with Gasteiger partial charge in [0.1, 0.15) is 0 Å². The third-order valence-corrected chi connectivity index (χ3v) is 3.67. The summed E-state index contributed by atoms with van der Waals surface area (Å²) in [7, 11) is -3.29. The van der Waals surface area contributed by atoms with Gasteiger partial charge in [-0.3, -0.25) is 0 Å². The molecule has 0 unspecified atom stereocenters. The Morgan fingerprint density at radius 3 is 2.20 bits per heavy atom. The zero-order valence-electron chi connectivity index (χ0n) is 9.16. The summed E-state index contributed by atoms with van der Waals surface area (Å²) < 4.78 is 25.6. The second-order valence-corrected chi connectivity index (χ2v) is 5.16. The molecule has 4 heteroatoms. The van der Waals surface area contributed by atoms with Gasteiger partial charge in [-0.05, 0) is 24.1 Å². The maximum absolute atomic E-state index is 11.6. The second kappa shape index (κ2) is 5.28. The van der Waals surface area contributed by atoms with Gasteiger partial charge in [-0.1, -0.05) is 32.4 Å². The van der Waals surface area contributed by atoms with Crippen LogP contribution in [0.1, 0.15) is 25.8 Å². The van der Waals surface area contributed by atoms with Crippen LogP contribution in [0, 0.1) is 0 Å². The van der Waals surface area contributed by atoms with E-state index in [4.69, 9.17) is 0 Å². The first-order valence-corrected chi connectivity index (χ1v) is 6.67. The molecule has 0 saturated carbocycles. The number of aryl methyl sites for hydroxylation is 1. The van der Waals surface area contributed by atoms with Crippen molar-refractivity contribution in [3.63, 3.8) is 0 Å². The fraction of sp³-hybridized carbons (Fsp3) is 0.455. The first-order chi connectivity index (χ1) is 7.10. The Morgan fingerprint density at radius 2 is 1.73 bits per heavy atom. The highest BCUT2D eigenvalue weighted by Gasteiger charge is 2.11. The van der Waals surface area contributed by atoms with Crippen LogP contribution < -0.4 is 4.72 Å². The zero-order chi connectivity index (χ0) is 11.3. The predicted molar refractivity (Wildman–Crippen MR) is 61.3 cm³/mol. The minimum Gasteiger partial charge on any atom is -0.211 e. The molecule has 0 fully saturated rings. The molecule has 0 aliphatic heterocycles. The van der Waals surface area contributed by atoms with E-state index in [1.807, 2.05) is 12.1 Å². The lowest BCUT2D eigenvalue weighted by Crippen LogP contribution is -2.23. The number of sulfonamides is 1. The van der Waals surface area contributed by atoms with Gasteiger partial charge in [0.2, 0.25) is 10.0 Å². The summed E-state index contributed by atoms with van der Waals surface area (Å²) in [5.41, 5.74) is 1.17. The standard InChI is InChI=1S/C11H17NO2S/c1-3-5-10-6-8-11(9-7-10)15(13,14)12-4-2/h6-9,12H,3-5H2,1-2H3. The molecule has 0 aromatic heterocycles. The highest BCUT2D eigenvalue weighted by Crippen LogP contribution is 2.11. The Balaban J connectivity index is 2.89. The highest BCUT2D eigenvalue weighted by atomic mass is 32.2. The molecule has 0 amide bonds. The van der Waals surface area contributed by atoms with Crippen molar-refractivity contribution in [3.8, 4) is 0 Å². The number of hydrogen-bond acceptors (Lipinski definition) is 2. The fourth-order valence-corrected chi connectivity index (χ4v) is 2.44. The van der Waals surface area contributed by atoms with E-state index in [9.17, 15) is 8.42 Å². The molecule has 0 spiro atoms. The first-order valence-electron chi connectivity index (χ1n) is 5.18. The third-order valence-electron chi connectivity index (χ3n) is 2.11. The molecule has 0 saturated heterocycles. The van der Waals surface area contributed by atoms with Crippen molar-refractivity contribution in [2.24, 2.45) is 0 Å². The van der Waals surface area contributed by atoms with Crippen molar-refractivity contribution in [1.82, 2.24) is 4.72 Å². The molecule has 15 heavy (non-hydrogen) atoms. The Kier molecular flexibility index (Phi) is 4.29. The lowest BCUT2D eigenvalue weighted by molar-refractivity contribution is 0.584. The molecule has 1 aromatic carbocycles. The quantitative estimate of drug-likeness (QED) is 0.835. The lowest BCUT2D eigenvalue weighted by atomic mass is 10.1. The fourth-order valence-electron chi connectivity index (χ4n) is 1.40. The molecular formula is C11H17NO2S. The van der Waals surface area contributed by atoms with Crippen molar-refractivity contribution >= 4 is 10.0 Å². The predicted octanol–water partition coefficient (Wildman–Crippen LogP) is 1.94. The average Bonchev–Trinajstić information content (AvgIpc) is 2.19. The Bertz CT molecular complexity index is 395. The third kappa shape index (κ3) is 3.32. The van der Waals surface area contributed by atoms with Crippen LogP contribution in [0.3, 0.4) is 0 Å². The summed E-state index contributed by atoms with van der Waals surface area (Å²) in [6.07, 6.45) is 2.06. The van der Waals surface area contributed by atoms with Crippen LogP contribution in [0.5, 0.6) is 0 Å². The molecule has 1 aromatic rings. The van der Waals surface area contributed by atoms with E-state index >= 15 is 0 Å². The Morgan fingerprint density at radius 1 is 1.13 bits per heavy atom. The summed E-state index contributed by atoms with van der Waals surface area (Å²) in [5, 5.41) is 0. The van der Waals surface area contributed by atoms with Gasteiger partial charge in [-0.2, -0.15) is 0 Å². The minimum atomic E-state index is -3.29. The van der Waals surface area contributed by atoms with Gasteiger partial charge in [0.05, 0.1) is 4.90 Å². The molecule has 1 rings (SSSR count). The summed E-state index contributed by atoms with van der Waals surface area (Å²) in [6.45, 7) is 4.28. The van der Waals surface area contributed by atoms with Crippen molar-refractivity contribution in [2.45, 2.75) is 31.6 Å². The van der Waals surface area contributed by atoms with Gasteiger partial charge in [0, 0.05) is 6.54 Å². The summed E-state index contributed by atoms with van der Waals surface area (Å²) in [6, 6.07) is 7.05. The Hall–Kier alpha value is -0.870. The molecule has 84 valence electrons. The molecule has 0 aliphatic rings. The first kappa shape index (κ1) is 12.2. The van der Waals surface area contributed by atoms with E-state index in [2.05, 4.69) is 11.6 Å². The molecule has 0 aliphatic carbocycles. The molecular weight excluding hydrogens is 210 g/mol. The maximum atomic E-state index is 11.6. The molecule has 1 N–H and O–H groups in total. The van der Waals surface area contributed by atoms with Crippen molar-refractivity contribution < 1.29 is 8.42 Å².